The van der Waals surface area contributed by atoms with Gasteiger partial charge in [0.25, 0.3) is 0 Å². The summed E-state index contributed by atoms with van der Waals surface area (Å²) in [6.07, 6.45) is 0.882. The quantitative estimate of drug-likeness (QED) is 0.875. The Morgan fingerprint density at radius 2 is 2.16 bits per heavy atom. The van der Waals surface area contributed by atoms with Gasteiger partial charge in [-0.2, -0.15) is 0 Å². The number of benzene rings is 1. The monoisotopic (exact) mass is 294 g/mol. The topological polar surface area (TPSA) is 29.3 Å². The molecule has 4 heteroatoms. The highest BCUT2D eigenvalue weighted by Gasteiger charge is 2.11. The molecule has 0 bridgehead atoms. The van der Waals surface area contributed by atoms with Crippen LogP contribution in [-0.4, -0.2) is 13.1 Å². The van der Waals surface area contributed by atoms with E-state index in [0.717, 1.165) is 24.5 Å². The van der Waals surface area contributed by atoms with Gasteiger partial charge < -0.3 is 10.6 Å². The van der Waals surface area contributed by atoms with Gasteiger partial charge in [0.15, 0.2) is 0 Å². The van der Waals surface area contributed by atoms with Gasteiger partial charge in [0, 0.05) is 22.1 Å². The fourth-order valence-electron chi connectivity index (χ4n) is 2.16. The fourth-order valence-corrected chi connectivity index (χ4v) is 3.04. The molecule has 0 saturated heterocycles. The molecule has 0 radical (unpaired) electrons. The molecule has 1 heterocycles. The average molecular weight is 295 g/mol. The maximum absolute atomic E-state index is 6.14. The Bertz CT molecular complexity index is 511. The highest BCUT2D eigenvalue weighted by atomic mass is 35.5. The summed E-state index contributed by atoms with van der Waals surface area (Å²) < 4.78 is 0. The lowest BCUT2D eigenvalue weighted by molar-refractivity contribution is 0.828. The summed E-state index contributed by atoms with van der Waals surface area (Å²) in [7, 11) is 0. The third-order valence-corrected chi connectivity index (χ3v) is 4.21. The summed E-state index contributed by atoms with van der Waals surface area (Å²) in [6.45, 7) is 4.70. The number of hydrogen-bond acceptors (Lipinski definition) is 3. The molecule has 2 N–H and O–H groups in total. The second-order valence-corrected chi connectivity index (χ2v) is 5.87. The van der Waals surface area contributed by atoms with Crippen molar-refractivity contribution in [3.63, 3.8) is 0 Å². The number of hydrogen-bond donors (Lipinski definition) is 1. The van der Waals surface area contributed by atoms with E-state index in [9.17, 15) is 0 Å². The Balaban J connectivity index is 2.28. The van der Waals surface area contributed by atoms with E-state index in [-0.39, 0.29) is 0 Å². The molecule has 0 spiro atoms. The second kappa shape index (κ2) is 6.94. The third-order valence-electron chi connectivity index (χ3n) is 3.11. The minimum Gasteiger partial charge on any atom is -0.366 e. The van der Waals surface area contributed by atoms with Crippen LogP contribution in [0.25, 0.3) is 0 Å². The molecular formula is C15H19ClN2S. The summed E-state index contributed by atoms with van der Waals surface area (Å²) >= 11 is 7.93. The number of nitrogens with zero attached hydrogens (tertiary/aromatic N) is 1. The van der Waals surface area contributed by atoms with Crippen LogP contribution in [0.2, 0.25) is 5.02 Å². The molecule has 0 aliphatic rings. The predicted octanol–water partition coefficient (Wildman–Crippen LogP) is 3.93. The molecule has 2 nitrogen and oxygen atoms in total. The molecule has 0 saturated carbocycles. The molecule has 1 aromatic carbocycles. The normalized spacial score (nSPS) is 10.7. The van der Waals surface area contributed by atoms with Crippen molar-refractivity contribution in [2.24, 2.45) is 5.73 Å². The third kappa shape index (κ3) is 3.72. The highest BCUT2D eigenvalue weighted by molar-refractivity contribution is 7.09. The summed E-state index contributed by atoms with van der Waals surface area (Å²) in [5, 5.41) is 2.89. The zero-order valence-electron chi connectivity index (χ0n) is 11.1. The first-order valence-corrected chi connectivity index (χ1v) is 7.76. The minimum atomic E-state index is 0.658. The van der Waals surface area contributed by atoms with Crippen LogP contribution in [0.5, 0.6) is 0 Å². The Labute approximate surface area is 123 Å². The number of anilines is 1. The second-order valence-electron chi connectivity index (χ2n) is 4.41. The molecular weight excluding hydrogens is 276 g/mol. The molecule has 2 rings (SSSR count). The zero-order chi connectivity index (χ0) is 13.7. The SMILES string of the molecule is CCN(Cc1cccs1)c1cc(Cl)ccc1CCN. The van der Waals surface area contributed by atoms with Gasteiger partial charge in [0.2, 0.25) is 0 Å². The molecule has 0 atom stereocenters. The van der Waals surface area contributed by atoms with Crippen molar-refractivity contribution in [1.82, 2.24) is 0 Å². The Morgan fingerprint density at radius 3 is 2.79 bits per heavy atom. The van der Waals surface area contributed by atoms with Crippen molar-refractivity contribution in [2.45, 2.75) is 19.9 Å². The van der Waals surface area contributed by atoms with Gasteiger partial charge in [-0.3, -0.25) is 0 Å². The van der Waals surface area contributed by atoms with Crippen molar-refractivity contribution >= 4 is 28.6 Å². The van der Waals surface area contributed by atoms with Crippen LogP contribution in [0.3, 0.4) is 0 Å². The average Bonchev–Trinajstić information content (AvgIpc) is 2.91. The van der Waals surface area contributed by atoms with E-state index < -0.39 is 0 Å². The van der Waals surface area contributed by atoms with Gasteiger partial charge in [-0.15, -0.1) is 11.3 Å². The predicted molar refractivity (Wildman–Crippen MR) is 85.3 cm³/mol. The Hall–Kier alpha value is -1.03. The van der Waals surface area contributed by atoms with Crippen LogP contribution >= 0.6 is 22.9 Å². The van der Waals surface area contributed by atoms with Crippen LogP contribution in [0, 0.1) is 0 Å². The highest BCUT2D eigenvalue weighted by Crippen LogP contribution is 2.27. The summed E-state index contributed by atoms with van der Waals surface area (Å²) in [5.41, 5.74) is 8.17. The van der Waals surface area contributed by atoms with Crippen LogP contribution in [0.1, 0.15) is 17.4 Å². The lowest BCUT2D eigenvalue weighted by Gasteiger charge is -2.25. The van der Waals surface area contributed by atoms with Crippen molar-refractivity contribution in [2.75, 3.05) is 18.0 Å². The van der Waals surface area contributed by atoms with Gasteiger partial charge in [-0.25, -0.2) is 0 Å². The van der Waals surface area contributed by atoms with Crippen molar-refractivity contribution < 1.29 is 0 Å². The van der Waals surface area contributed by atoms with E-state index in [0.29, 0.717) is 6.54 Å². The van der Waals surface area contributed by atoms with E-state index in [2.05, 4.69) is 35.4 Å². The number of nitrogens with two attached hydrogens (primary N) is 1. The lowest BCUT2D eigenvalue weighted by Crippen LogP contribution is -2.23. The maximum Gasteiger partial charge on any atom is 0.0522 e. The first-order valence-electron chi connectivity index (χ1n) is 6.50. The summed E-state index contributed by atoms with van der Waals surface area (Å²) in [4.78, 5) is 3.71. The molecule has 0 fully saturated rings. The zero-order valence-corrected chi connectivity index (χ0v) is 12.7. The van der Waals surface area contributed by atoms with E-state index in [1.54, 1.807) is 11.3 Å². The van der Waals surface area contributed by atoms with E-state index in [1.165, 1.54) is 16.1 Å². The van der Waals surface area contributed by atoms with Crippen LogP contribution in [0.15, 0.2) is 35.7 Å². The smallest absolute Gasteiger partial charge is 0.0522 e. The largest absolute Gasteiger partial charge is 0.366 e. The Morgan fingerprint density at radius 1 is 1.32 bits per heavy atom. The molecule has 2 aromatic rings. The van der Waals surface area contributed by atoms with Crippen LogP contribution in [-0.2, 0) is 13.0 Å². The van der Waals surface area contributed by atoms with Gasteiger partial charge in [-0.1, -0.05) is 23.7 Å². The summed E-state index contributed by atoms with van der Waals surface area (Å²) in [6, 6.07) is 10.3. The molecule has 0 unspecified atom stereocenters. The van der Waals surface area contributed by atoms with Gasteiger partial charge in [0.1, 0.15) is 0 Å². The van der Waals surface area contributed by atoms with Crippen molar-refractivity contribution in [1.29, 1.82) is 0 Å². The molecule has 0 amide bonds. The van der Waals surface area contributed by atoms with Gasteiger partial charge in [0.05, 0.1) is 6.54 Å². The molecule has 102 valence electrons. The van der Waals surface area contributed by atoms with Gasteiger partial charge in [-0.05, 0) is 49.0 Å². The fraction of sp³-hybridized carbons (Fsp3) is 0.333. The van der Waals surface area contributed by atoms with E-state index in [1.807, 2.05) is 12.1 Å². The van der Waals surface area contributed by atoms with E-state index >= 15 is 0 Å². The molecule has 19 heavy (non-hydrogen) atoms. The molecule has 0 aliphatic heterocycles. The van der Waals surface area contributed by atoms with Crippen molar-refractivity contribution in [3.05, 3.63) is 51.2 Å². The first-order chi connectivity index (χ1) is 9.24. The molecule has 0 aliphatic carbocycles. The van der Waals surface area contributed by atoms with Crippen molar-refractivity contribution in [3.8, 4) is 0 Å². The van der Waals surface area contributed by atoms with Crippen LogP contribution < -0.4 is 10.6 Å². The molecule has 1 aromatic heterocycles. The van der Waals surface area contributed by atoms with Crippen LogP contribution in [0.4, 0.5) is 5.69 Å². The number of halogens is 1. The minimum absolute atomic E-state index is 0.658. The standard InChI is InChI=1S/C15H19ClN2S/c1-2-18(11-14-4-3-9-19-14)15-10-13(16)6-5-12(15)7-8-17/h3-6,9-10H,2,7-8,11,17H2,1H3. The van der Waals surface area contributed by atoms with Gasteiger partial charge >= 0.3 is 0 Å². The lowest BCUT2D eigenvalue weighted by atomic mass is 10.1. The Kier molecular flexibility index (Phi) is 5.25. The number of thiophene rings is 1. The number of rotatable bonds is 6. The van der Waals surface area contributed by atoms with E-state index in [4.69, 9.17) is 17.3 Å². The summed E-state index contributed by atoms with van der Waals surface area (Å²) in [5.74, 6) is 0. The first kappa shape index (κ1) is 14.4. The maximum atomic E-state index is 6.14.